The van der Waals surface area contributed by atoms with Crippen LogP contribution in [0.15, 0.2) is 11.6 Å². The highest BCUT2D eigenvalue weighted by Crippen LogP contribution is 2.63. The Morgan fingerprint density at radius 3 is 2.59 bits per heavy atom. The number of aliphatic hydroxyl groups is 2. The van der Waals surface area contributed by atoms with Crippen molar-refractivity contribution in [2.45, 2.75) is 63.8 Å². The molecular formula is C17H28O5. The van der Waals surface area contributed by atoms with E-state index in [9.17, 15) is 10.2 Å². The molecule has 0 aromatic heterocycles. The van der Waals surface area contributed by atoms with Gasteiger partial charge >= 0.3 is 0 Å². The quantitative estimate of drug-likeness (QED) is 0.761. The summed E-state index contributed by atoms with van der Waals surface area (Å²) < 4.78 is 16.8. The van der Waals surface area contributed by atoms with Crippen molar-refractivity contribution in [3.05, 3.63) is 11.6 Å². The fourth-order valence-electron chi connectivity index (χ4n) is 5.16. The van der Waals surface area contributed by atoms with Crippen LogP contribution in [0.5, 0.6) is 0 Å². The molecule has 5 nitrogen and oxygen atoms in total. The molecule has 0 radical (unpaired) electrons. The molecule has 0 amide bonds. The van der Waals surface area contributed by atoms with Gasteiger partial charge in [-0.1, -0.05) is 25.5 Å². The van der Waals surface area contributed by atoms with Gasteiger partial charge in [-0.3, -0.25) is 0 Å². The number of aliphatic hydroxyl groups excluding tert-OH is 1. The molecule has 0 bridgehead atoms. The average molecular weight is 312 g/mol. The van der Waals surface area contributed by atoms with Gasteiger partial charge in [0, 0.05) is 26.1 Å². The van der Waals surface area contributed by atoms with Crippen molar-refractivity contribution in [3.63, 3.8) is 0 Å². The Morgan fingerprint density at radius 1 is 1.32 bits per heavy atom. The van der Waals surface area contributed by atoms with E-state index in [2.05, 4.69) is 13.0 Å². The maximum absolute atomic E-state index is 11.6. The topological polar surface area (TPSA) is 68.2 Å². The van der Waals surface area contributed by atoms with Crippen molar-refractivity contribution >= 4 is 0 Å². The first-order valence-corrected chi connectivity index (χ1v) is 8.07. The van der Waals surface area contributed by atoms with Gasteiger partial charge in [-0.05, 0) is 31.6 Å². The lowest BCUT2D eigenvalue weighted by molar-refractivity contribution is -0.351. The molecule has 2 N–H and O–H groups in total. The first-order valence-electron chi connectivity index (χ1n) is 8.07. The van der Waals surface area contributed by atoms with Gasteiger partial charge in [-0.15, -0.1) is 0 Å². The summed E-state index contributed by atoms with van der Waals surface area (Å²) in [6.45, 7) is 6.17. The predicted octanol–water partition coefficient (Wildman–Crippen LogP) is 1.83. The van der Waals surface area contributed by atoms with Gasteiger partial charge in [0.25, 0.3) is 0 Å². The summed E-state index contributed by atoms with van der Waals surface area (Å²) in [4.78, 5) is 0. The number of allylic oxidation sites excluding steroid dienone is 2. The van der Waals surface area contributed by atoms with Gasteiger partial charge in [0.2, 0.25) is 5.79 Å². The Labute approximate surface area is 132 Å². The third-order valence-corrected chi connectivity index (χ3v) is 6.41. The second-order valence-corrected chi connectivity index (χ2v) is 7.64. The lowest BCUT2D eigenvalue weighted by Crippen LogP contribution is -2.71. The van der Waals surface area contributed by atoms with Gasteiger partial charge in [0.1, 0.15) is 6.10 Å². The van der Waals surface area contributed by atoms with Crippen LogP contribution in [0.25, 0.3) is 0 Å². The van der Waals surface area contributed by atoms with Crippen molar-refractivity contribution in [1.82, 2.24) is 0 Å². The largest absolute Gasteiger partial charge is 0.385 e. The highest BCUT2D eigenvalue weighted by atomic mass is 16.8. The number of hydrogen-bond donors (Lipinski definition) is 2. The van der Waals surface area contributed by atoms with Crippen LogP contribution in [-0.4, -0.2) is 48.2 Å². The zero-order valence-corrected chi connectivity index (χ0v) is 14.1. The third kappa shape index (κ3) is 1.77. The Morgan fingerprint density at radius 2 is 2.00 bits per heavy atom. The normalized spacial score (nSPS) is 50.2. The van der Waals surface area contributed by atoms with Crippen LogP contribution in [0.3, 0.4) is 0 Å². The minimum Gasteiger partial charge on any atom is -0.385 e. The molecule has 22 heavy (non-hydrogen) atoms. The monoisotopic (exact) mass is 312 g/mol. The minimum absolute atomic E-state index is 0.270. The molecule has 2 fully saturated rings. The van der Waals surface area contributed by atoms with Gasteiger partial charge in [0.15, 0.2) is 11.9 Å². The van der Waals surface area contributed by atoms with Crippen LogP contribution in [0, 0.1) is 17.3 Å². The zero-order chi connectivity index (χ0) is 16.3. The van der Waals surface area contributed by atoms with Gasteiger partial charge < -0.3 is 24.4 Å². The Balaban J connectivity index is 2.12. The van der Waals surface area contributed by atoms with E-state index >= 15 is 0 Å². The summed E-state index contributed by atoms with van der Waals surface area (Å²) in [7, 11) is 3.01. The summed E-state index contributed by atoms with van der Waals surface area (Å²) >= 11 is 0. The SMILES string of the molecule is COC1OC2(OC)CC3C=C(C)CCC3C(C)(C)C2(O)C1O. The minimum atomic E-state index is -1.50. The highest BCUT2D eigenvalue weighted by molar-refractivity contribution is 5.24. The number of fused-ring (bicyclic) bond motifs is 2. The van der Waals surface area contributed by atoms with Crippen LogP contribution < -0.4 is 0 Å². The van der Waals surface area contributed by atoms with Crippen molar-refractivity contribution in [2.24, 2.45) is 17.3 Å². The zero-order valence-electron chi connectivity index (χ0n) is 14.1. The summed E-state index contributed by atoms with van der Waals surface area (Å²) in [5.41, 5.74) is -0.693. The second kappa shape index (κ2) is 5.02. The van der Waals surface area contributed by atoms with Gasteiger partial charge in [0.05, 0.1) is 0 Å². The van der Waals surface area contributed by atoms with Crippen LogP contribution >= 0.6 is 0 Å². The summed E-state index contributed by atoms with van der Waals surface area (Å²) in [6, 6.07) is 0. The maximum Gasteiger partial charge on any atom is 0.203 e. The molecule has 1 saturated heterocycles. The Bertz CT molecular complexity index is 487. The predicted molar refractivity (Wildman–Crippen MR) is 80.9 cm³/mol. The fourth-order valence-corrected chi connectivity index (χ4v) is 5.16. The average Bonchev–Trinajstić information content (AvgIpc) is 2.70. The molecule has 0 aromatic rings. The highest BCUT2D eigenvalue weighted by Gasteiger charge is 2.76. The second-order valence-electron chi connectivity index (χ2n) is 7.64. The van der Waals surface area contributed by atoms with Crippen LogP contribution in [0.4, 0.5) is 0 Å². The molecule has 3 aliphatic rings. The number of ether oxygens (including phenoxy) is 3. The molecule has 1 aliphatic heterocycles. The van der Waals surface area contributed by atoms with Crippen molar-refractivity contribution in [1.29, 1.82) is 0 Å². The van der Waals surface area contributed by atoms with Gasteiger partial charge in [-0.2, -0.15) is 0 Å². The maximum atomic E-state index is 11.6. The molecular weight excluding hydrogens is 284 g/mol. The lowest BCUT2D eigenvalue weighted by Gasteiger charge is -2.60. The molecule has 2 aliphatic carbocycles. The van der Waals surface area contributed by atoms with E-state index in [1.54, 1.807) is 0 Å². The summed E-state index contributed by atoms with van der Waals surface area (Å²) in [5, 5.41) is 22.3. The van der Waals surface area contributed by atoms with E-state index in [0.717, 1.165) is 12.8 Å². The van der Waals surface area contributed by atoms with Crippen molar-refractivity contribution in [3.8, 4) is 0 Å². The molecule has 5 heteroatoms. The molecule has 0 aromatic carbocycles. The molecule has 6 unspecified atom stereocenters. The standard InChI is InChI=1S/C17H28O5/c1-10-6-7-12-11(8-10)9-16(21-5)17(19,15(12,2)3)13(18)14(20-4)22-16/h8,11-14,18-19H,6-7,9H2,1-5H3. The van der Waals surface area contributed by atoms with E-state index in [-0.39, 0.29) is 11.8 Å². The molecule has 1 heterocycles. The Hall–Kier alpha value is -0.460. The number of methoxy groups -OCH3 is 2. The number of hydrogen-bond acceptors (Lipinski definition) is 5. The van der Waals surface area contributed by atoms with E-state index in [1.807, 2.05) is 13.8 Å². The molecule has 3 rings (SSSR count). The lowest BCUT2D eigenvalue weighted by atomic mass is 9.50. The fraction of sp³-hybridized carbons (Fsp3) is 0.882. The number of rotatable bonds is 2. The smallest absolute Gasteiger partial charge is 0.203 e. The molecule has 0 spiro atoms. The van der Waals surface area contributed by atoms with Crippen LogP contribution in [0.2, 0.25) is 0 Å². The first kappa shape index (κ1) is 16.4. The van der Waals surface area contributed by atoms with E-state index in [4.69, 9.17) is 14.2 Å². The summed E-state index contributed by atoms with van der Waals surface area (Å²) in [6.07, 6.45) is 2.83. The third-order valence-electron chi connectivity index (χ3n) is 6.41. The first-order chi connectivity index (χ1) is 10.2. The van der Waals surface area contributed by atoms with Crippen molar-refractivity contribution in [2.75, 3.05) is 14.2 Å². The van der Waals surface area contributed by atoms with E-state index in [0.29, 0.717) is 6.42 Å². The molecule has 1 saturated carbocycles. The van der Waals surface area contributed by atoms with Crippen molar-refractivity contribution < 1.29 is 24.4 Å². The van der Waals surface area contributed by atoms with E-state index in [1.165, 1.54) is 19.8 Å². The Kier molecular flexibility index (Phi) is 3.74. The van der Waals surface area contributed by atoms with Gasteiger partial charge in [-0.25, -0.2) is 0 Å². The van der Waals surface area contributed by atoms with Crippen LogP contribution in [0.1, 0.15) is 40.0 Å². The van der Waals surface area contributed by atoms with E-state index < -0.39 is 29.2 Å². The summed E-state index contributed by atoms with van der Waals surface area (Å²) in [5.74, 6) is -0.698. The molecule has 6 atom stereocenters. The molecule has 126 valence electrons. The van der Waals surface area contributed by atoms with Crippen LogP contribution in [-0.2, 0) is 14.2 Å².